The first-order chi connectivity index (χ1) is 12.6. The fourth-order valence-corrected chi connectivity index (χ4v) is 5.21. The van der Waals surface area contributed by atoms with Crippen LogP contribution in [0.15, 0.2) is 18.2 Å². The number of carbonyl (C=O) groups is 1. The molecular weight excluding hydrogens is 334 g/mol. The number of benzene rings is 1. The monoisotopic (exact) mass is 362 g/mol. The molecule has 2 heterocycles. The molecule has 1 amide bonds. The van der Waals surface area contributed by atoms with Gasteiger partial charge in [0, 0.05) is 26.2 Å². The van der Waals surface area contributed by atoms with Crippen LogP contribution < -0.4 is 0 Å². The topological polar surface area (TPSA) is 23.6 Å². The number of likely N-dealkylation sites (tertiary alicyclic amines) is 2. The van der Waals surface area contributed by atoms with E-state index in [2.05, 4.69) is 4.90 Å². The zero-order chi connectivity index (χ0) is 18.1. The largest absolute Gasteiger partial charge is 0.338 e. The Bertz CT molecular complexity index is 674. The molecule has 4 rings (SSSR count). The molecule has 1 aromatic rings. The summed E-state index contributed by atoms with van der Waals surface area (Å²) in [6, 6.07) is 3.94. The van der Waals surface area contributed by atoms with E-state index in [1.54, 1.807) is 6.07 Å². The fourth-order valence-electron chi connectivity index (χ4n) is 5.21. The van der Waals surface area contributed by atoms with Gasteiger partial charge in [0.05, 0.1) is 5.41 Å². The molecule has 0 unspecified atom stereocenters. The molecule has 26 heavy (non-hydrogen) atoms. The van der Waals surface area contributed by atoms with Crippen LogP contribution in [0.5, 0.6) is 0 Å². The normalized spacial score (nSPS) is 27.8. The lowest BCUT2D eigenvalue weighted by Crippen LogP contribution is -2.49. The van der Waals surface area contributed by atoms with Crippen LogP contribution in [0.2, 0.25) is 0 Å². The third kappa shape index (κ3) is 3.51. The second-order valence-corrected chi connectivity index (χ2v) is 8.49. The van der Waals surface area contributed by atoms with Gasteiger partial charge in [-0.2, -0.15) is 0 Å². The molecule has 2 saturated heterocycles. The Kier molecular flexibility index (Phi) is 5.00. The minimum absolute atomic E-state index is 0.211. The van der Waals surface area contributed by atoms with Crippen LogP contribution >= 0.6 is 0 Å². The summed E-state index contributed by atoms with van der Waals surface area (Å²) in [6.45, 7) is 4.11. The van der Waals surface area contributed by atoms with Crippen molar-refractivity contribution in [2.75, 3.05) is 26.2 Å². The van der Waals surface area contributed by atoms with Gasteiger partial charge in [0.1, 0.15) is 0 Å². The Balaban J connectivity index is 1.41. The third-order valence-corrected chi connectivity index (χ3v) is 6.61. The number of amides is 1. The van der Waals surface area contributed by atoms with E-state index in [1.807, 2.05) is 4.90 Å². The average Bonchev–Trinajstić information content (AvgIpc) is 3.27. The van der Waals surface area contributed by atoms with Gasteiger partial charge in [0.2, 0.25) is 5.91 Å². The maximum atomic E-state index is 13.5. The summed E-state index contributed by atoms with van der Waals surface area (Å²) in [7, 11) is 0. The van der Waals surface area contributed by atoms with Crippen LogP contribution in [0.25, 0.3) is 0 Å². The minimum atomic E-state index is -0.842. The molecule has 1 atom stereocenters. The third-order valence-electron chi connectivity index (χ3n) is 6.61. The molecule has 1 spiro atoms. The standard InChI is InChI=1S/C21H28F2N2O/c22-18-7-6-17(12-19(18)23)14-25-10-3-8-21(20(25)26)9-11-24(15-21)13-16-4-1-2-5-16/h6-7,12,16H,1-5,8-11,13-15H2/t21-/m0/s1. The second-order valence-electron chi connectivity index (χ2n) is 8.49. The highest BCUT2D eigenvalue weighted by Crippen LogP contribution is 2.41. The highest BCUT2D eigenvalue weighted by atomic mass is 19.2. The number of nitrogens with zero attached hydrogens (tertiary/aromatic N) is 2. The van der Waals surface area contributed by atoms with Crippen molar-refractivity contribution in [3.8, 4) is 0 Å². The van der Waals surface area contributed by atoms with Gasteiger partial charge in [0.15, 0.2) is 11.6 Å². The molecule has 5 heteroatoms. The molecule has 3 nitrogen and oxygen atoms in total. The SMILES string of the molecule is O=C1N(Cc2ccc(F)c(F)c2)CCC[C@@]12CCN(CC1CCCC1)C2. The first-order valence-electron chi connectivity index (χ1n) is 10.0. The average molecular weight is 362 g/mol. The number of hydrogen-bond donors (Lipinski definition) is 0. The molecule has 1 saturated carbocycles. The summed E-state index contributed by atoms with van der Waals surface area (Å²) in [6.07, 6.45) is 8.26. The Morgan fingerprint density at radius 3 is 2.62 bits per heavy atom. The first kappa shape index (κ1) is 17.9. The van der Waals surface area contributed by atoms with Crippen LogP contribution in [0.4, 0.5) is 8.78 Å². The van der Waals surface area contributed by atoms with Gasteiger partial charge in [0.25, 0.3) is 0 Å². The Morgan fingerprint density at radius 1 is 1.04 bits per heavy atom. The maximum absolute atomic E-state index is 13.5. The van der Waals surface area contributed by atoms with Crippen LogP contribution in [0, 0.1) is 23.0 Å². The van der Waals surface area contributed by atoms with Crippen LogP contribution in [0.3, 0.4) is 0 Å². The molecule has 2 aliphatic heterocycles. The Labute approximate surface area is 154 Å². The molecule has 1 aliphatic carbocycles. The molecule has 1 aromatic carbocycles. The summed E-state index contributed by atoms with van der Waals surface area (Å²) < 4.78 is 26.6. The van der Waals surface area contributed by atoms with Crippen molar-refractivity contribution >= 4 is 5.91 Å². The first-order valence-corrected chi connectivity index (χ1v) is 10.0. The zero-order valence-electron chi connectivity index (χ0n) is 15.4. The van der Waals surface area contributed by atoms with Crippen molar-refractivity contribution in [1.82, 2.24) is 9.80 Å². The van der Waals surface area contributed by atoms with E-state index in [0.29, 0.717) is 18.7 Å². The Morgan fingerprint density at radius 2 is 1.85 bits per heavy atom. The number of carbonyl (C=O) groups excluding carboxylic acids is 1. The highest BCUT2D eigenvalue weighted by Gasteiger charge is 2.48. The predicted molar refractivity (Wildman–Crippen MR) is 96.5 cm³/mol. The van der Waals surface area contributed by atoms with Gasteiger partial charge >= 0.3 is 0 Å². The van der Waals surface area contributed by atoms with E-state index < -0.39 is 11.6 Å². The van der Waals surface area contributed by atoms with E-state index in [1.165, 1.54) is 31.7 Å². The summed E-state index contributed by atoms with van der Waals surface area (Å²) >= 11 is 0. The van der Waals surface area contributed by atoms with Gasteiger partial charge in [-0.05, 0) is 62.3 Å². The molecule has 142 valence electrons. The lowest BCUT2D eigenvalue weighted by atomic mass is 9.78. The second kappa shape index (κ2) is 7.26. The van der Waals surface area contributed by atoms with Crippen LogP contribution in [-0.2, 0) is 11.3 Å². The number of halogens is 2. The minimum Gasteiger partial charge on any atom is -0.338 e. The van der Waals surface area contributed by atoms with Gasteiger partial charge < -0.3 is 9.80 Å². The zero-order valence-corrected chi connectivity index (χ0v) is 15.4. The number of piperidine rings is 1. The molecule has 0 N–H and O–H groups in total. The van der Waals surface area contributed by atoms with E-state index in [0.717, 1.165) is 50.9 Å². The quantitative estimate of drug-likeness (QED) is 0.809. The maximum Gasteiger partial charge on any atom is 0.230 e. The molecular formula is C21H28F2N2O. The summed E-state index contributed by atoms with van der Waals surface area (Å²) in [5.74, 6) is -0.664. The van der Waals surface area contributed by atoms with Crippen molar-refractivity contribution in [3.63, 3.8) is 0 Å². The molecule has 0 bridgehead atoms. The van der Waals surface area contributed by atoms with E-state index in [4.69, 9.17) is 0 Å². The summed E-state index contributed by atoms with van der Waals surface area (Å²) in [5, 5.41) is 0. The van der Waals surface area contributed by atoms with E-state index in [-0.39, 0.29) is 11.3 Å². The van der Waals surface area contributed by atoms with Crippen molar-refractivity contribution < 1.29 is 13.6 Å². The lowest BCUT2D eigenvalue weighted by Gasteiger charge is -2.39. The van der Waals surface area contributed by atoms with Crippen molar-refractivity contribution in [3.05, 3.63) is 35.4 Å². The predicted octanol–water partition coefficient (Wildman–Crippen LogP) is 3.97. The molecule has 3 aliphatic rings. The van der Waals surface area contributed by atoms with Crippen LogP contribution in [-0.4, -0.2) is 41.9 Å². The number of rotatable bonds is 4. The number of hydrogen-bond acceptors (Lipinski definition) is 2. The smallest absolute Gasteiger partial charge is 0.230 e. The van der Waals surface area contributed by atoms with Gasteiger partial charge in [-0.1, -0.05) is 18.9 Å². The molecule has 3 fully saturated rings. The van der Waals surface area contributed by atoms with E-state index in [9.17, 15) is 13.6 Å². The lowest BCUT2D eigenvalue weighted by molar-refractivity contribution is -0.146. The van der Waals surface area contributed by atoms with Crippen molar-refractivity contribution in [2.24, 2.45) is 11.3 Å². The van der Waals surface area contributed by atoms with Gasteiger partial charge in [-0.15, -0.1) is 0 Å². The van der Waals surface area contributed by atoms with Gasteiger partial charge in [-0.3, -0.25) is 4.79 Å². The van der Waals surface area contributed by atoms with Crippen molar-refractivity contribution in [1.29, 1.82) is 0 Å². The van der Waals surface area contributed by atoms with E-state index >= 15 is 0 Å². The summed E-state index contributed by atoms with van der Waals surface area (Å²) in [5.41, 5.74) is 0.408. The van der Waals surface area contributed by atoms with Crippen LogP contribution in [0.1, 0.15) is 50.5 Å². The summed E-state index contributed by atoms with van der Waals surface area (Å²) in [4.78, 5) is 17.6. The van der Waals surface area contributed by atoms with Crippen molar-refractivity contribution in [2.45, 2.75) is 51.5 Å². The molecule has 0 radical (unpaired) electrons. The highest BCUT2D eigenvalue weighted by molar-refractivity contribution is 5.84. The molecule has 0 aromatic heterocycles. The fraction of sp³-hybridized carbons (Fsp3) is 0.667. The Hall–Kier alpha value is -1.49. The van der Waals surface area contributed by atoms with Gasteiger partial charge in [-0.25, -0.2) is 8.78 Å².